The van der Waals surface area contributed by atoms with Crippen LogP contribution in [0.3, 0.4) is 0 Å². The van der Waals surface area contributed by atoms with Gasteiger partial charge in [0.2, 0.25) is 0 Å². The fourth-order valence-corrected chi connectivity index (χ4v) is 2.91. The van der Waals surface area contributed by atoms with Crippen LogP contribution >= 0.6 is 0 Å². The monoisotopic (exact) mass is 297 g/mol. The maximum Gasteiger partial charge on any atom is 0.410 e. The lowest BCUT2D eigenvalue weighted by atomic mass is 10.1. The summed E-state index contributed by atoms with van der Waals surface area (Å²) in [5, 5.41) is 3.57. The molecule has 0 radical (unpaired) electrons. The van der Waals surface area contributed by atoms with Gasteiger partial charge in [-0.15, -0.1) is 0 Å². The van der Waals surface area contributed by atoms with Crippen molar-refractivity contribution < 1.29 is 9.53 Å². The Morgan fingerprint density at radius 1 is 1.24 bits per heavy atom. The first-order valence-electron chi connectivity index (χ1n) is 8.30. The first-order chi connectivity index (χ1) is 9.85. The Morgan fingerprint density at radius 2 is 1.86 bits per heavy atom. The smallest absolute Gasteiger partial charge is 0.410 e. The molecule has 0 aromatic rings. The van der Waals surface area contributed by atoms with Crippen LogP contribution < -0.4 is 5.32 Å². The van der Waals surface area contributed by atoms with Gasteiger partial charge in [0.05, 0.1) is 0 Å². The van der Waals surface area contributed by atoms with E-state index in [9.17, 15) is 4.79 Å². The highest BCUT2D eigenvalue weighted by Gasteiger charge is 2.33. The Hall–Kier alpha value is -0.810. The largest absolute Gasteiger partial charge is 0.444 e. The van der Waals surface area contributed by atoms with Gasteiger partial charge in [-0.1, -0.05) is 6.42 Å². The molecule has 122 valence electrons. The van der Waals surface area contributed by atoms with Crippen LogP contribution in [-0.4, -0.2) is 66.3 Å². The van der Waals surface area contributed by atoms with E-state index in [-0.39, 0.29) is 6.09 Å². The number of piperidine rings is 1. The predicted molar refractivity (Wildman–Crippen MR) is 84.5 cm³/mol. The third kappa shape index (κ3) is 5.15. The van der Waals surface area contributed by atoms with Gasteiger partial charge >= 0.3 is 6.09 Å². The number of carbonyl (C=O) groups is 1. The first-order valence-corrected chi connectivity index (χ1v) is 8.30. The van der Waals surface area contributed by atoms with Crippen LogP contribution in [0, 0.1) is 0 Å². The molecule has 21 heavy (non-hydrogen) atoms. The highest BCUT2D eigenvalue weighted by molar-refractivity contribution is 5.69. The third-order valence-corrected chi connectivity index (χ3v) is 4.25. The van der Waals surface area contributed by atoms with Gasteiger partial charge in [0.25, 0.3) is 0 Å². The molecular formula is C16H31N3O2. The topological polar surface area (TPSA) is 44.8 Å². The summed E-state index contributed by atoms with van der Waals surface area (Å²) in [5.41, 5.74) is -0.404. The van der Waals surface area contributed by atoms with Crippen LogP contribution in [0.2, 0.25) is 0 Å². The number of nitrogens with zero attached hydrogens (tertiary/aromatic N) is 2. The van der Waals surface area contributed by atoms with Crippen LogP contribution in [0.4, 0.5) is 4.79 Å². The van der Waals surface area contributed by atoms with Crippen molar-refractivity contribution in [2.45, 2.75) is 64.6 Å². The normalized spacial score (nSPS) is 22.8. The van der Waals surface area contributed by atoms with Crippen LogP contribution in [-0.2, 0) is 4.74 Å². The number of amides is 1. The molecule has 2 aliphatic rings. The van der Waals surface area contributed by atoms with Crippen molar-refractivity contribution in [1.29, 1.82) is 0 Å². The molecule has 1 atom stereocenters. The number of ether oxygens (including phenoxy) is 1. The molecule has 2 fully saturated rings. The van der Waals surface area contributed by atoms with Crippen LogP contribution in [0.15, 0.2) is 0 Å². The third-order valence-electron chi connectivity index (χ3n) is 4.25. The van der Waals surface area contributed by atoms with Crippen LogP contribution in [0.1, 0.15) is 47.0 Å². The summed E-state index contributed by atoms with van der Waals surface area (Å²) >= 11 is 0. The van der Waals surface area contributed by atoms with Gasteiger partial charge in [-0.2, -0.15) is 0 Å². The van der Waals surface area contributed by atoms with E-state index < -0.39 is 5.60 Å². The van der Waals surface area contributed by atoms with E-state index in [2.05, 4.69) is 17.1 Å². The molecular weight excluding hydrogens is 266 g/mol. The minimum Gasteiger partial charge on any atom is -0.444 e. The van der Waals surface area contributed by atoms with Crippen molar-refractivity contribution in [2.75, 3.05) is 32.7 Å². The fraction of sp³-hybridized carbons (Fsp3) is 0.938. The predicted octanol–water partition coefficient (Wildman–Crippen LogP) is 2.07. The van der Waals surface area contributed by atoms with Gasteiger partial charge in [0, 0.05) is 31.7 Å². The van der Waals surface area contributed by atoms with Gasteiger partial charge in [-0.3, -0.25) is 4.90 Å². The first kappa shape index (κ1) is 16.6. The second kappa shape index (κ2) is 6.97. The number of nitrogens with one attached hydrogen (secondary N) is 1. The van der Waals surface area contributed by atoms with Gasteiger partial charge in [0.15, 0.2) is 0 Å². The van der Waals surface area contributed by atoms with Crippen LogP contribution in [0.25, 0.3) is 0 Å². The van der Waals surface area contributed by atoms with Crippen molar-refractivity contribution in [2.24, 2.45) is 0 Å². The highest BCUT2D eigenvalue weighted by Crippen LogP contribution is 2.16. The lowest BCUT2D eigenvalue weighted by molar-refractivity contribution is 0.00464. The summed E-state index contributed by atoms with van der Waals surface area (Å²) in [4.78, 5) is 16.2. The maximum atomic E-state index is 11.8. The van der Waals surface area contributed by atoms with Crippen molar-refractivity contribution in [3.05, 3.63) is 0 Å². The molecule has 2 rings (SSSR count). The van der Waals surface area contributed by atoms with Gasteiger partial charge in [0.1, 0.15) is 5.60 Å². The zero-order chi connectivity index (χ0) is 15.5. The van der Waals surface area contributed by atoms with Gasteiger partial charge in [-0.25, -0.2) is 4.79 Å². The minimum absolute atomic E-state index is 0.190. The Morgan fingerprint density at radius 3 is 2.43 bits per heavy atom. The minimum atomic E-state index is -0.404. The molecule has 1 N–H and O–H groups in total. The number of rotatable bonds is 4. The molecule has 0 aliphatic carbocycles. The molecule has 0 aromatic carbocycles. The van der Waals surface area contributed by atoms with E-state index in [1.165, 1.54) is 32.4 Å². The zero-order valence-electron chi connectivity index (χ0n) is 14.0. The summed E-state index contributed by atoms with van der Waals surface area (Å²) in [6, 6.07) is 1.01. The molecule has 2 aliphatic heterocycles. The summed E-state index contributed by atoms with van der Waals surface area (Å²) < 4.78 is 5.36. The van der Waals surface area contributed by atoms with E-state index in [0.717, 1.165) is 19.6 Å². The van der Waals surface area contributed by atoms with Gasteiger partial charge in [-0.05, 0) is 53.6 Å². The van der Waals surface area contributed by atoms with Crippen molar-refractivity contribution in [3.8, 4) is 0 Å². The van der Waals surface area contributed by atoms with Gasteiger partial charge < -0.3 is 15.0 Å². The summed E-state index contributed by atoms with van der Waals surface area (Å²) in [6.07, 6.45) is 3.86. The molecule has 5 nitrogen and oxygen atoms in total. The van der Waals surface area contributed by atoms with Crippen molar-refractivity contribution in [3.63, 3.8) is 0 Å². The maximum absolute atomic E-state index is 11.8. The number of likely N-dealkylation sites (tertiary alicyclic amines) is 2. The molecule has 1 unspecified atom stereocenters. The number of carbonyl (C=O) groups excluding carboxylic acids is 1. The Bertz CT molecular complexity index is 342. The molecule has 2 heterocycles. The Labute approximate surface area is 129 Å². The van der Waals surface area contributed by atoms with Crippen molar-refractivity contribution >= 4 is 6.09 Å². The fourth-order valence-electron chi connectivity index (χ4n) is 2.91. The lowest BCUT2D eigenvalue weighted by Crippen LogP contribution is -2.62. The SMILES string of the molecule is CC(CNC1CN(C(=O)OC(C)(C)C)C1)N1CCCCC1. The lowest BCUT2D eigenvalue weighted by Gasteiger charge is -2.41. The summed E-state index contributed by atoms with van der Waals surface area (Å²) in [5.74, 6) is 0. The number of hydrogen-bond donors (Lipinski definition) is 1. The average molecular weight is 297 g/mol. The molecule has 0 bridgehead atoms. The second-order valence-corrected chi connectivity index (χ2v) is 7.44. The van der Waals surface area contributed by atoms with E-state index in [0.29, 0.717) is 12.1 Å². The molecule has 2 saturated heterocycles. The summed E-state index contributed by atoms with van der Waals surface area (Å²) in [7, 11) is 0. The average Bonchev–Trinajstić information content (AvgIpc) is 2.35. The van der Waals surface area contributed by atoms with Crippen molar-refractivity contribution in [1.82, 2.24) is 15.1 Å². The molecule has 0 aromatic heterocycles. The molecule has 0 saturated carbocycles. The quantitative estimate of drug-likeness (QED) is 0.863. The Kier molecular flexibility index (Phi) is 5.49. The highest BCUT2D eigenvalue weighted by atomic mass is 16.6. The molecule has 0 spiro atoms. The number of hydrogen-bond acceptors (Lipinski definition) is 4. The van der Waals surface area contributed by atoms with E-state index in [1.807, 2.05) is 20.8 Å². The Balaban J connectivity index is 1.61. The van der Waals surface area contributed by atoms with E-state index in [4.69, 9.17) is 4.74 Å². The molecule has 1 amide bonds. The standard InChI is InChI=1S/C16H31N3O2/c1-13(18-8-6-5-7-9-18)10-17-14-11-19(12-14)15(20)21-16(2,3)4/h13-14,17H,5-12H2,1-4H3. The summed E-state index contributed by atoms with van der Waals surface area (Å²) in [6.45, 7) is 13.0. The van der Waals surface area contributed by atoms with E-state index >= 15 is 0 Å². The van der Waals surface area contributed by atoms with Crippen LogP contribution in [0.5, 0.6) is 0 Å². The molecule has 5 heteroatoms. The second-order valence-electron chi connectivity index (χ2n) is 7.44. The zero-order valence-corrected chi connectivity index (χ0v) is 14.0. The van der Waals surface area contributed by atoms with E-state index in [1.54, 1.807) is 4.90 Å².